The monoisotopic (exact) mass is 321 g/mol. The SMILES string of the molecule is CCCCCCCCCCCCCCCCCC=CC=CCN. The second-order valence-corrected chi connectivity index (χ2v) is 6.83. The molecule has 0 aromatic rings. The van der Waals surface area contributed by atoms with Gasteiger partial charge in [-0.05, 0) is 12.8 Å². The number of unbranched alkanes of at least 4 members (excludes halogenated alkanes) is 15. The van der Waals surface area contributed by atoms with Crippen molar-refractivity contribution in [1.29, 1.82) is 0 Å². The fourth-order valence-electron chi connectivity index (χ4n) is 2.97. The molecule has 0 amide bonds. The van der Waals surface area contributed by atoms with E-state index in [0.29, 0.717) is 6.54 Å². The third-order valence-electron chi connectivity index (χ3n) is 4.49. The number of allylic oxidation sites excluding steroid dienone is 3. The fourth-order valence-corrected chi connectivity index (χ4v) is 2.97. The Morgan fingerprint density at radius 1 is 0.522 bits per heavy atom. The first-order valence-electron chi connectivity index (χ1n) is 10.4. The summed E-state index contributed by atoms with van der Waals surface area (Å²) < 4.78 is 0. The molecule has 0 rings (SSSR count). The minimum atomic E-state index is 0.642. The van der Waals surface area contributed by atoms with Gasteiger partial charge in [-0.25, -0.2) is 0 Å². The van der Waals surface area contributed by atoms with Crippen LogP contribution in [0.2, 0.25) is 0 Å². The third-order valence-corrected chi connectivity index (χ3v) is 4.49. The van der Waals surface area contributed by atoms with Gasteiger partial charge in [-0.3, -0.25) is 0 Å². The van der Waals surface area contributed by atoms with Crippen molar-refractivity contribution in [2.24, 2.45) is 5.73 Å². The van der Waals surface area contributed by atoms with Crippen molar-refractivity contribution >= 4 is 0 Å². The Morgan fingerprint density at radius 3 is 1.35 bits per heavy atom. The molecule has 0 saturated heterocycles. The van der Waals surface area contributed by atoms with Gasteiger partial charge in [0.2, 0.25) is 0 Å². The summed E-state index contributed by atoms with van der Waals surface area (Å²) in [5.41, 5.74) is 5.38. The lowest BCUT2D eigenvalue weighted by Crippen LogP contribution is -1.91. The predicted octanol–water partition coefficient (Wildman–Crippen LogP) is 7.32. The van der Waals surface area contributed by atoms with Gasteiger partial charge < -0.3 is 5.73 Å². The zero-order valence-electron chi connectivity index (χ0n) is 15.9. The molecule has 0 spiro atoms. The van der Waals surface area contributed by atoms with E-state index in [1.54, 1.807) is 0 Å². The van der Waals surface area contributed by atoms with Gasteiger partial charge in [0.15, 0.2) is 0 Å². The van der Waals surface area contributed by atoms with Crippen molar-refractivity contribution < 1.29 is 0 Å². The fraction of sp³-hybridized carbons (Fsp3) is 0.818. The smallest absolute Gasteiger partial charge is 0.0109 e. The number of hydrogen-bond donors (Lipinski definition) is 1. The highest BCUT2D eigenvalue weighted by atomic mass is 14.5. The van der Waals surface area contributed by atoms with E-state index in [0.717, 1.165) is 0 Å². The van der Waals surface area contributed by atoms with Crippen LogP contribution in [-0.4, -0.2) is 6.54 Å². The maximum atomic E-state index is 5.38. The topological polar surface area (TPSA) is 26.0 Å². The number of hydrogen-bond acceptors (Lipinski definition) is 1. The van der Waals surface area contributed by atoms with Crippen molar-refractivity contribution in [1.82, 2.24) is 0 Å². The molecule has 136 valence electrons. The largest absolute Gasteiger partial charge is 0.327 e. The lowest BCUT2D eigenvalue weighted by molar-refractivity contribution is 0.533. The first kappa shape index (κ1) is 22.4. The van der Waals surface area contributed by atoms with Crippen LogP contribution >= 0.6 is 0 Å². The van der Waals surface area contributed by atoms with Gasteiger partial charge in [-0.1, -0.05) is 121 Å². The molecular formula is C22H43N. The maximum Gasteiger partial charge on any atom is 0.0109 e. The maximum absolute atomic E-state index is 5.38. The van der Waals surface area contributed by atoms with E-state index >= 15 is 0 Å². The molecule has 0 aromatic carbocycles. The molecule has 0 radical (unpaired) electrons. The summed E-state index contributed by atoms with van der Waals surface area (Å²) in [6.07, 6.45) is 31.2. The van der Waals surface area contributed by atoms with E-state index in [2.05, 4.69) is 19.1 Å². The molecule has 0 aliphatic carbocycles. The molecule has 23 heavy (non-hydrogen) atoms. The summed E-state index contributed by atoms with van der Waals surface area (Å²) in [5, 5.41) is 0. The lowest BCUT2D eigenvalue weighted by atomic mass is 10.0. The normalized spacial score (nSPS) is 11.9. The summed E-state index contributed by atoms with van der Waals surface area (Å²) in [5.74, 6) is 0. The van der Waals surface area contributed by atoms with Crippen molar-refractivity contribution in [2.75, 3.05) is 6.54 Å². The molecule has 2 N–H and O–H groups in total. The van der Waals surface area contributed by atoms with E-state index in [1.165, 1.54) is 103 Å². The molecule has 0 aromatic heterocycles. The Balaban J connectivity index is 3.02. The van der Waals surface area contributed by atoms with Crippen molar-refractivity contribution in [2.45, 2.75) is 110 Å². The summed E-state index contributed by atoms with van der Waals surface area (Å²) >= 11 is 0. The Bertz CT molecular complexity index is 255. The van der Waals surface area contributed by atoms with Crippen LogP contribution in [0, 0.1) is 0 Å². The van der Waals surface area contributed by atoms with Crippen LogP contribution < -0.4 is 5.73 Å². The highest BCUT2D eigenvalue weighted by Crippen LogP contribution is 2.13. The Hall–Kier alpha value is -0.560. The molecule has 0 heterocycles. The van der Waals surface area contributed by atoms with E-state index in [9.17, 15) is 0 Å². The molecule has 0 aliphatic rings. The second-order valence-electron chi connectivity index (χ2n) is 6.83. The highest BCUT2D eigenvalue weighted by Gasteiger charge is 1.93. The Kier molecular flexibility index (Phi) is 20.9. The van der Waals surface area contributed by atoms with Crippen LogP contribution in [0.25, 0.3) is 0 Å². The van der Waals surface area contributed by atoms with Crippen LogP contribution in [0.15, 0.2) is 24.3 Å². The van der Waals surface area contributed by atoms with Crippen LogP contribution in [0.3, 0.4) is 0 Å². The predicted molar refractivity (Wildman–Crippen MR) is 107 cm³/mol. The molecule has 0 fully saturated rings. The molecule has 0 saturated carbocycles. The van der Waals surface area contributed by atoms with Gasteiger partial charge in [-0.2, -0.15) is 0 Å². The molecule has 1 nitrogen and oxygen atoms in total. The molecule has 0 bridgehead atoms. The Morgan fingerprint density at radius 2 is 0.913 bits per heavy atom. The average Bonchev–Trinajstić information content (AvgIpc) is 2.57. The van der Waals surface area contributed by atoms with Gasteiger partial charge in [0.25, 0.3) is 0 Å². The van der Waals surface area contributed by atoms with Crippen molar-refractivity contribution in [3.63, 3.8) is 0 Å². The number of nitrogens with two attached hydrogens (primary N) is 1. The van der Waals surface area contributed by atoms with Gasteiger partial charge in [0, 0.05) is 6.54 Å². The third kappa shape index (κ3) is 21.4. The average molecular weight is 322 g/mol. The summed E-state index contributed by atoms with van der Waals surface area (Å²) in [4.78, 5) is 0. The minimum absolute atomic E-state index is 0.642. The minimum Gasteiger partial charge on any atom is -0.327 e. The van der Waals surface area contributed by atoms with Crippen LogP contribution in [0.4, 0.5) is 0 Å². The van der Waals surface area contributed by atoms with Crippen LogP contribution in [0.5, 0.6) is 0 Å². The molecular weight excluding hydrogens is 278 g/mol. The quantitative estimate of drug-likeness (QED) is 0.208. The van der Waals surface area contributed by atoms with Gasteiger partial charge in [0.05, 0.1) is 0 Å². The first-order valence-corrected chi connectivity index (χ1v) is 10.4. The molecule has 0 aliphatic heterocycles. The van der Waals surface area contributed by atoms with E-state index in [4.69, 9.17) is 5.73 Å². The molecule has 0 atom stereocenters. The van der Waals surface area contributed by atoms with Crippen LogP contribution in [-0.2, 0) is 0 Å². The second kappa shape index (κ2) is 21.4. The first-order chi connectivity index (χ1) is 11.4. The van der Waals surface area contributed by atoms with E-state index in [-0.39, 0.29) is 0 Å². The summed E-state index contributed by atoms with van der Waals surface area (Å²) in [6.45, 7) is 2.93. The van der Waals surface area contributed by atoms with Crippen LogP contribution in [0.1, 0.15) is 110 Å². The van der Waals surface area contributed by atoms with E-state index in [1.807, 2.05) is 12.2 Å². The van der Waals surface area contributed by atoms with Crippen molar-refractivity contribution in [3.05, 3.63) is 24.3 Å². The van der Waals surface area contributed by atoms with Crippen molar-refractivity contribution in [3.8, 4) is 0 Å². The highest BCUT2D eigenvalue weighted by molar-refractivity contribution is 5.02. The zero-order valence-corrected chi connectivity index (χ0v) is 15.9. The number of rotatable bonds is 18. The molecule has 0 unspecified atom stereocenters. The summed E-state index contributed by atoms with van der Waals surface area (Å²) in [6, 6.07) is 0. The summed E-state index contributed by atoms with van der Waals surface area (Å²) in [7, 11) is 0. The standard InChI is InChI=1S/C22H43N/c1-2-3-4-5-6-7-8-9-10-11-12-13-14-15-16-17-18-19-20-21-22-23/h18-21H,2-17,22-23H2,1H3. The zero-order chi connectivity index (χ0) is 16.8. The Labute approximate surface area is 146 Å². The molecule has 1 heteroatoms. The van der Waals surface area contributed by atoms with E-state index < -0.39 is 0 Å². The van der Waals surface area contributed by atoms with Gasteiger partial charge >= 0.3 is 0 Å². The lowest BCUT2D eigenvalue weighted by Gasteiger charge is -2.03. The van der Waals surface area contributed by atoms with Gasteiger partial charge in [-0.15, -0.1) is 0 Å². The van der Waals surface area contributed by atoms with Gasteiger partial charge in [0.1, 0.15) is 0 Å².